The van der Waals surface area contributed by atoms with Gasteiger partial charge in [0.2, 0.25) is 5.91 Å². The molecule has 1 aliphatic rings. The minimum Gasteiger partial charge on any atom is -0.477 e. The minimum atomic E-state index is -2.18. The van der Waals surface area contributed by atoms with Crippen molar-refractivity contribution in [3.63, 3.8) is 0 Å². The van der Waals surface area contributed by atoms with Gasteiger partial charge >= 0.3 is 5.97 Å². The van der Waals surface area contributed by atoms with Crippen LogP contribution in [0.1, 0.15) is 13.3 Å². The number of carboxylic acid groups (broad SMARTS) is 1. The monoisotopic (exact) mass is 380 g/mol. The van der Waals surface area contributed by atoms with Crippen molar-refractivity contribution >= 4 is 11.9 Å². The van der Waals surface area contributed by atoms with E-state index in [4.69, 9.17) is 19.3 Å². The Morgan fingerprint density at radius 3 is 2.50 bits per heavy atom. The number of hydrogen-bond donors (Lipinski definition) is 6. The minimum absolute atomic E-state index is 0. The molecule has 11 nitrogen and oxygen atoms in total. The first-order valence-corrected chi connectivity index (χ1v) is 7.65. The molecule has 1 heterocycles. The highest BCUT2D eigenvalue weighted by atomic mass is 16.7. The molecule has 6 atom stereocenters. The van der Waals surface area contributed by atoms with Gasteiger partial charge in [-0.2, -0.15) is 0 Å². The Balaban J connectivity index is 0.00000625. The molecular formula is C15H28N2O9. The zero-order valence-electron chi connectivity index (χ0n) is 14.8. The van der Waals surface area contributed by atoms with Crippen LogP contribution in [-0.4, -0.2) is 88.9 Å². The molecule has 26 heavy (non-hydrogen) atoms. The van der Waals surface area contributed by atoms with Crippen LogP contribution in [0.2, 0.25) is 0 Å². The molecular weight excluding hydrogens is 352 g/mol. The normalized spacial score (nSPS) is 30.6. The average Bonchev–Trinajstić information content (AvgIpc) is 2.58. The van der Waals surface area contributed by atoms with E-state index >= 15 is 0 Å². The van der Waals surface area contributed by atoms with Gasteiger partial charge in [0.05, 0.1) is 25.4 Å². The molecule has 8 N–H and O–H groups in total. The van der Waals surface area contributed by atoms with E-state index in [2.05, 4.69) is 11.9 Å². The Kier molecular flexibility index (Phi) is 9.88. The van der Waals surface area contributed by atoms with Gasteiger partial charge in [0.25, 0.3) is 5.79 Å². The largest absolute Gasteiger partial charge is 0.477 e. The van der Waals surface area contributed by atoms with Crippen LogP contribution in [-0.2, 0) is 23.8 Å². The lowest BCUT2D eigenvalue weighted by atomic mass is 9.88. The van der Waals surface area contributed by atoms with E-state index in [0.717, 1.165) is 0 Å². The van der Waals surface area contributed by atoms with Crippen LogP contribution in [0.3, 0.4) is 0 Å². The van der Waals surface area contributed by atoms with E-state index in [1.165, 1.54) is 20.1 Å². The van der Waals surface area contributed by atoms with Crippen molar-refractivity contribution in [3.05, 3.63) is 12.7 Å². The molecule has 0 spiro atoms. The van der Waals surface area contributed by atoms with E-state index in [1.54, 1.807) is 0 Å². The van der Waals surface area contributed by atoms with Crippen molar-refractivity contribution < 1.29 is 44.2 Å². The highest BCUT2D eigenvalue weighted by molar-refractivity contribution is 5.76. The van der Waals surface area contributed by atoms with Crippen molar-refractivity contribution in [2.45, 2.75) is 49.6 Å². The summed E-state index contributed by atoms with van der Waals surface area (Å²) in [5, 5.41) is 41.2. The predicted molar refractivity (Wildman–Crippen MR) is 88.5 cm³/mol. The lowest BCUT2D eigenvalue weighted by Gasteiger charge is -2.47. The SMILES string of the molecule is C=CCO[C@]1(C(=O)O)C[C@H](OC)[C@@H](NC(C)=O)[C@H]([C@H](O)[C@H](O)CO)O1.N. The Bertz CT molecular complexity index is 490. The molecule has 1 fully saturated rings. The molecule has 152 valence electrons. The number of nitrogens with one attached hydrogen (secondary N) is 1. The molecule has 1 amide bonds. The van der Waals surface area contributed by atoms with E-state index in [9.17, 15) is 24.9 Å². The number of carbonyl (C=O) groups is 2. The Labute approximate surface area is 151 Å². The second-order valence-corrected chi connectivity index (χ2v) is 5.69. The lowest BCUT2D eigenvalue weighted by molar-refractivity contribution is -0.310. The van der Waals surface area contributed by atoms with Gasteiger partial charge in [-0.1, -0.05) is 6.08 Å². The smallest absolute Gasteiger partial charge is 0.364 e. The number of ether oxygens (including phenoxy) is 3. The number of amides is 1. The molecule has 1 aliphatic heterocycles. The van der Waals surface area contributed by atoms with E-state index < -0.39 is 54.7 Å². The first-order chi connectivity index (χ1) is 11.7. The zero-order chi connectivity index (χ0) is 19.2. The summed E-state index contributed by atoms with van der Waals surface area (Å²) in [5.41, 5.74) is 0. The van der Waals surface area contributed by atoms with Crippen LogP contribution in [0, 0.1) is 0 Å². The van der Waals surface area contributed by atoms with Gasteiger partial charge in [-0.15, -0.1) is 6.58 Å². The second-order valence-electron chi connectivity index (χ2n) is 5.69. The molecule has 0 aliphatic carbocycles. The summed E-state index contributed by atoms with van der Waals surface area (Å²) in [7, 11) is 1.30. The highest BCUT2D eigenvalue weighted by Gasteiger charge is 2.56. The fraction of sp³-hybridized carbons (Fsp3) is 0.733. The molecule has 1 rings (SSSR count). The van der Waals surface area contributed by atoms with Crippen molar-refractivity contribution in [1.82, 2.24) is 11.5 Å². The van der Waals surface area contributed by atoms with Crippen LogP contribution in [0.25, 0.3) is 0 Å². The van der Waals surface area contributed by atoms with Crippen molar-refractivity contribution in [2.24, 2.45) is 0 Å². The number of hydrogen-bond acceptors (Lipinski definition) is 9. The van der Waals surface area contributed by atoms with Gasteiger partial charge in [-0.05, 0) is 0 Å². The third-order valence-electron chi connectivity index (χ3n) is 3.90. The fourth-order valence-electron chi connectivity index (χ4n) is 2.68. The van der Waals surface area contributed by atoms with Crippen molar-refractivity contribution in [3.8, 4) is 0 Å². The first kappa shape index (κ1) is 24.4. The summed E-state index contributed by atoms with van der Waals surface area (Å²) in [6.07, 6.45) is -4.59. The average molecular weight is 380 g/mol. The van der Waals surface area contributed by atoms with Gasteiger partial charge in [-0.25, -0.2) is 4.79 Å². The van der Waals surface area contributed by atoms with E-state index in [-0.39, 0.29) is 19.2 Å². The summed E-state index contributed by atoms with van der Waals surface area (Å²) in [5.74, 6) is -4.11. The van der Waals surface area contributed by atoms with Gasteiger partial charge in [-0.3, -0.25) is 4.79 Å². The predicted octanol–water partition coefficient (Wildman–Crippen LogP) is -1.85. The maximum absolute atomic E-state index is 11.8. The summed E-state index contributed by atoms with van der Waals surface area (Å²) in [6.45, 7) is 3.72. The number of carbonyl (C=O) groups excluding carboxylic acids is 1. The number of carboxylic acids is 1. The van der Waals surface area contributed by atoms with Crippen molar-refractivity contribution in [2.75, 3.05) is 20.3 Å². The summed E-state index contributed by atoms with van der Waals surface area (Å²) < 4.78 is 16.0. The maximum Gasteiger partial charge on any atom is 0.364 e. The third kappa shape index (κ3) is 5.45. The number of aliphatic hydroxyl groups excluding tert-OH is 3. The molecule has 0 radical (unpaired) electrons. The second kappa shape index (κ2) is 10.5. The van der Waals surface area contributed by atoms with Gasteiger partial charge in [0, 0.05) is 20.5 Å². The van der Waals surface area contributed by atoms with E-state index in [1.807, 2.05) is 0 Å². The molecule has 1 saturated heterocycles. The quantitative estimate of drug-likeness (QED) is 0.248. The molecule has 0 bridgehead atoms. The number of methoxy groups -OCH3 is 1. The standard InChI is InChI=1S/C15H25NO9.H3N/c1-4-5-24-15(14(21)22)6-10(23-3)11(16-8(2)18)13(25-15)12(20)9(19)7-17;/h4,9-13,17,19-20H,1,5-7H2,2-3H3,(H,16,18)(H,21,22);1H3/t9-,10+,11-,12-,13-,15-;/m1./s1. The number of aliphatic hydroxyl groups is 3. The lowest BCUT2D eigenvalue weighted by Crippen LogP contribution is -2.68. The zero-order valence-corrected chi connectivity index (χ0v) is 14.8. The summed E-state index contributed by atoms with van der Waals surface area (Å²) >= 11 is 0. The molecule has 0 saturated carbocycles. The van der Waals surface area contributed by atoms with Crippen LogP contribution >= 0.6 is 0 Å². The molecule has 11 heteroatoms. The third-order valence-corrected chi connectivity index (χ3v) is 3.90. The molecule has 0 aromatic carbocycles. The summed E-state index contributed by atoms with van der Waals surface area (Å²) in [4.78, 5) is 23.2. The maximum atomic E-state index is 11.8. The van der Waals surface area contributed by atoms with Crippen molar-refractivity contribution in [1.29, 1.82) is 0 Å². The first-order valence-electron chi connectivity index (χ1n) is 7.65. The summed E-state index contributed by atoms with van der Waals surface area (Å²) in [6, 6.07) is -0.974. The van der Waals surface area contributed by atoms with Gasteiger partial charge < -0.3 is 46.1 Å². The van der Waals surface area contributed by atoms with Gasteiger partial charge in [0.15, 0.2) is 0 Å². The van der Waals surface area contributed by atoms with E-state index in [0.29, 0.717) is 0 Å². The Morgan fingerprint density at radius 2 is 2.08 bits per heavy atom. The van der Waals surface area contributed by atoms with Crippen LogP contribution in [0.15, 0.2) is 12.7 Å². The van der Waals surface area contributed by atoms with Crippen LogP contribution in [0.5, 0.6) is 0 Å². The number of aliphatic carboxylic acids is 1. The Hall–Kier alpha value is -1.60. The molecule has 0 aromatic rings. The van der Waals surface area contributed by atoms with Crippen LogP contribution in [0.4, 0.5) is 0 Å². The Morgan fingerprint density at radius 1 is 1.46 bits per heavy atom. The fourth-order valence-corrected chi connectivity index (χ4v) is 2.68. The highest BCUT2D eigenvalue weighted by Crippen LogP contribution is 2.34. The van der Waals surface area contributed by atoms with Gasteiger partial charge in [0.1, 0.15) is 18.3 Å². The molecule has 0 aromatic heterocycles. The topological polar surface area (TPSA) is 190 Å². The molecule has 0 unspecified atom stereocenters. The number of rotatable bonds is 9. The van der Waals surface area contributed by atoms with Crippen LogP contribution < -0.4 is 11.5 Å².